The fourth-order valence-electron chi connectivity index (χ4n) is 4.40. The summed E-state index contributed by atoms with van der Waals surface area (Å²) in [5, 5.41) is 2.55. The van der Waals surface area contributed by atoms with Crippen LogP contribution in [0.25, 0.3) is 6.08 Å². The third kappa shape index (κ3) is 5.67. The number of carbonyl (C=O) groups excluding carboxylic acids is 1. The molecule has 0 fully saturated rings. The average Bonchev–Trinajstić information content (AvgIpc) is 3.55. The number of esters is 1. The summed E-state index contributed by atoms with van der Waals surface area (Å²) >= 11 is 12.4. The molecule has 1 atom stereocenters. The van der Waals surface area contributed by atoms with Gasteiger partial charge in [-0.3, -0.25) is 9.36 Å². The Morgan fingerprint density at radius 1 is 1.23 bits per heavy atom. The highest BCUT2D eigenvalue weighted by molar-refractivity contribution is 9.10. The largest absolute Gasteiger partial charge is 0.493 e. The molecule has 0 saturated carbocycles. The summed E-state index contributed by atoms with van der Waals surface area (Å²) in [5.74, 6) is 0.569. The highest BCUT2D eigenvalue weighted by Crippen LogP contribution is 2.38. The van der Waals surface area contributed by atoms with Crippen LogP contribution >= 0.6 is 50.2 Å². The van der Waals surface area contributed by atoms with E-state index in [-0.39, 0.29) is 12.2 Å². The van der Waals surface area contributed by atoms with Crippen molar-refractivity contribution in [3.8, 4) is 11.5 Å². The van der Waals surface area contributed by atoms with Gasteiger partial charge in [0.05, 0.1) is 34.0 Å². The number of benzene rings is 2. The van der Waals surface area contributed by atoms with Crippen LogP contribution in [0.15, 0.2) is 79.4 Å². The van der Waals surface area contributed by atoms with Gasteiger partial charge in [-0.25, -0.2) is 9.79 Å². The van der Waals surface area contributed by atoms with Crippen LogP contribution in [0.3, 0.4) is 0 Å². The quantitative estimate of drug-likeness (QED) is 0.222. The molecule has 3 heterocycles. The van der Waals surface area contributed by atoms with Crippen molar-refractivity contribution in [3.63, 3.8) is 0 Å². The van der Waals surface area contributed by atoms with Crippen LogP contribution in [-0.4, -0.2) is 24.3 Å². The van der Waals surface area contributed by atoms with E-state index in [1.807, 2.05) is 53.9 Å². The molecule has 0 bridgehead atoms. The van der Waals surface area contributed by atoms with E-state index in [9.17, 15) is 9.59 Å². The van der Waals surface area contributed by atoms with Gasteiger partial charge in [-0.1, -0.05) is 41.1 Å². The number of hydrogen-bond acceptors (Lipinski definition) is 8. The Morgan fingerprint density at radius 3 is 2.75 bits per heavy atom. The monoisotopic (exact) mass is 658 g/mol. The molecule has 1 aliphatic rings. The Kier molecular flexibility index (Phi) is 8.60. The van der Waals surface area contributed by atoms with Crippen LogP contribution in [-0.2, 0) is 16.1 Å². The van der Waals surface area contributed by atoms with Crippen LogP contribution in [0.2, 0.25) is 5.02 Å². The third-order valence-corrected chi connectivity index (χ3v) is 8.88. The predicted octanol–water partition coefficient (Wildman–Crippen LogP) is 5.86. The maximum atomic E-state index is 13.8. The van der Waals surface area contributed by atoms with E-state index < -0.39 is 12.0 Å². The second kappa shape index (κ2) is 12.1. The second-order valence-electron chi connectivity index (χ2n) is 8.77. The van der Waals surface area contributed by atoms with E-state index in [0.29, 0.717) is 48.2 Å². The van der Waals surface area contributed by atoms with Gasteiger partial charge in [-0.05, 0) is 82.7 Å². The second-order valence-corrected chi connectivity index (χ2v) is 12.0. The van der Waals surface area contributed by atoms with Gasteiger partial charge in [0.2, 0.25) is 0 Å². The number of methoxy groups -OCH3 is 1. The molecule has 0 unspecified atom stereocenters. The Balaban J connectivity index is 1.55. The molecule has 0 saturated heterocycles. The molecule has 206 valence electrons. The summed E-state index contributed by atoms with van der Waals surface area (Å²) in [6.07, 6.45) is 1.78. The minimum Gasteiger partial charge on any atom is -0.493 e. The van der Waals surface area contributed by atoms with Crippen molar-refractivity contribution in [1.82, 2.24) is 4.57 Å². The van der Waals surface area contributed by atoms with Crippen LogP contribution in [0.1, 0.15) is 35.9 Å². The maximum absolute atomic E-state index is 13.8. The van der Waals surface area contributed by atoms with Gasteiger partial charge < -0.3 is 14.2 Å². The van der Waals surface area contributed by atoms with Gasteiger partial charge in [-0.2, -0.15) is 0 Å². The molecule has 5 rings (SSSR count). The zero-order valence-corrected chi connectivity index (χ0v) is 25.7. The molecule has 7 nitrogen and oxygen atoms in total. The molecule has 0 N–H and O–H groups in total. The minimum absolute atomic E-state index is 0.229. The molecule has 40 heavy (non-hydrogen) atoms. The molecule has 1 aliphatic heterocycles. The number of allylic oxidation sites excluding steroid dienone is 1. The van der Waals surface area contributed by atoms with Crippen molar-refractivity contribution in [1.29, 1.82) is 0 Å². The first-order valence-corrected chi connectivity index (χ1v) is 15.1. The molecule has 11 heteroatoms. The van der Waals surface area contributed by atoms with Crippen molar-refractivity contribution < 1.29 is 19.0 Å². The lowest BCUT2D eigenvalue weighted by atomic mass is 10.0. The Morgan fingerprint density at radius 2 is 2.05 bits per heavy atom. The first kappa shape index (κ1) is 28.4. The number of nitrogens with zero attached hydrogens (tertiary/aromatic N) is 2. The smallest absolute Gasteiger partial charge is 0.338 e. The van der Waals surface area contributed by atoms with Crippen molar-refractivity contribution >= 4 is 62.2 Å². The normalized spacial score (nSPS) is 15.0. The zero-order valence-electron chi connectivity index (χ0n) is 21.8. The van der Waals surface area contributed by atoms with Crippen LogP contribution in [0, 0.1) is 0 Å². The first-order chi connectivity index (χ1) is 19.3. The molecule has 0 amide bonds. The number of halogens is 2. The van der Waals surface area contributed by atoms with Crippen LogP contribution in [0.5, 0.6) is 11.5 Å². The topological polar surface area (TPSA) is 79.1 Å². The number of ether oxygens (including phenoxy) is 3. The molecule has 2 aromatic carbocycles. The standard InChI is InChI=1S/C29H24BrClN2O5S2/c1-4-37-28(35)24-16(2)32-29-33(25(24)22-9-6-10-39-22)27(34)23(40-29)14-18-12-20(30)26(21(13-18)36-3)38-15-17-7-5-8-19(31)11-17/h5-14,25H,4,15H2,1-3H3/b23-14-/t25-/m0/s1. The zero-order chi connectivity index (χ0) is 28.4. The Hall–Kier alpha value is -3.18. The number of hydrogen-bond donors (Lipinski definition) is 0. The average molecular weight is 660 g/mol. The Bertz CT molecular complexity index is 1790. The lowest BCUT2D eigenvalue weighted by molar-refractivity contribution is -0.139. The molecule has 2 aromatic heterocycles. The molecule has 4 aromatic rings. The number of aromatic nitrogens is 1. The van der Waals surface area contributed by atoms with E-state index in [4.69, 9.17) is 25.8 Å². The lowest BCUT2D eigenvalue weighted by Crippen LogP contribution is -2.39. The maximum Gasteiger partial charge on any atom is 0.338 e. The van der Waals surface area contributed by atoms with Crippen LogP contribution < -0.4 is 24.4 Å². The van der Waals surface area contributed by atoms with Gasteiger partial charge in [0.25, 0.3) is 5.56 Å². The van der Waals surface area contributed by atoms with E-state index >= 15 is 0 Å². The minimum atomic E-state index is -0.610. The van der Waals surface area contributed by atoms with Gasteiger partial charge >= 0.3 is 5.97 Å². The summed E-state index contributed by atoms with van der Waals surface area (Å²) in [6.45, 7) is 4.06. The van der Waals surface area contributed by atoms with E-state index in [1.165, 1.54) is 22.7 Å². The van der Waals surface area contributed by atoms with Crippen molar-refractivity contribution in [3.05, 3.63) is 110 Å². The SMILES string of the molecule is CCOC(=O)C1=C(C)N=c2s/c(=C\c3cc(Br)c(OCc4cccc(Cl)c4)c(OC)c3)c(=O)n2[C@H]1c1cccs1. The number of rotatable bonds is 8. The highest BCUT2D eigenvalue weighted by Gasteiger charge is 2.33. The molecule has 0 spiro atoms. The van der Waals surface area contributed by atoms with Gasteiger partial charge in [0, 0.05) is 9.90 Å². The lowest BCUT2D eigenvalue weighted by Gasteiger charge is -2.23. The van der Waals surface area contributed by atoms with E-state index in [0.717, 1.165) is 16.0 Å². The fourth-order valence-corrected chi connectivity index (χ4v) is 7.06. The summed E-state index contributed by atoms with van der Waals surface area (Å²) in [6, 6.07) is 14.3. The third-order valence-electron chi connectivity index (χ3n) is 6.15. The molecule has 0 aliphatic carbocycles. The van der Waals surface area contributed by atoms with Gasteiger partial charge in [0.15, 0.2) is 16.3 Å². The van der Waals surface area contributed by atoms with Gasteiger partial charge in [0.1, 0.15) is 12.6 Å². The number of thiazole rings is 1. The van der Waals surface area contributed by atoms with Crippen molar-refractivity contribution in [2.45, 2.75) is 26.5 Å². The number of carbonyl (C=O) groups is 1. The molecular formula is C29H24BrClN2O5S2. The van der Waals surface area contributed by atoms with Crippen molar-refractivity contribution in [2.75, 3.05) is 13.7 Å². The number of fused-ring (bicyclic) bond motifs is 1. The highest BCUT2D eigenvalue weighted by atomic mass is 79.9. The fraction of sp³-hybridized carbons (Fsp3) is 0.207. The summed E-state index contributed by atoms with van der Waals surface area (Å²) < 4.78 is 19.7. The van der Waals surface area contributed by atoms with Gasteiger partial charge in [-0.15, -0.1) is 11.3 Å². The summed E-state index contributed by atoms with van der Waals surface area (Å²) in [7, 11) is 1.56. The molecule has 0 radical (unpaired) electrons. The first-order valence-electron chi connectivity index (χ1n) is 12.3. The van der Waals surface area contributed by atoms with E-state index in [1.54, 1.807) is 31.6 Å². The number of thiophene rings is 1. The van der Waals surface area contributed by atoms with E-state index in [2.05, 4.69) is 20.9 Å². The Labute approximate surface area is 251 Å². The summed E-state index contributed by atoms with van der Waals surface area (Å²) in [4.78, 5) is 32.7. The van der Waals surface area contributed by atoms with Crippen LogP contribution in [0.4, 0.5) is 0 Å². The van der Waals surface area contributed by atoms with Crippen molar-refractivity contribution in [2.24, 2.45) is 4.99 Å². The predicted molar refractivity (Wildman–Crippen MR) is 161 cm³/mol. The summed E-state index contributed by atoms with van der Waals surface area (Å²) in [5.41, 5.74) is 2.32. The molecular weight excluding hydrogens is 636 g/mol.